The number of nitrogens with two attached hydrogens (primary N) is 1. The first-order valence-electron chi connectivity index (χ1n) is 9.04. The van der Waals surface area contributed by atoms with Gasteiger partial charge in [0.05, 0.1) is 17.5 Å². The van der Waals surface area contributed by atoms with E-state index in [9.17, 15) is 9.59 Å². The monoisotopic (exact) mass is 380 g/mol. The molecule has 2 aromatic heterocycles. The molecule has 0 bridgehead atoms. The molecule has 3 heterocycles. The molecule has 28 heavy (non-hydrogen) atoms. The highest BCUT2D eigenvalue weighted by atomic mass is 16.5. The quantitative estimate of drug-likeness (QED) is 0.687. The second-order valence-corrected chi connectivity index (χ2v) is 6.89. The Morgan fingerprint density at radius 1 is 1.32 bits per heavy atom. The van der Waals surface area contributed by atoms with Gasteiger partial charge < -0.3 is 15.6 Å². The van der Waals surface area contributed by atoms with Crippen LogP contribution in [-0.2, 0) is 13.0 Å². The molecular weight excluding hydrogens is 360 g/mol. The molecule has 0 unspecified atom stereocenters. The molecule has 3 aromatic rings. The van der Waals surface area contributed by atoms with Crippen LogP contribution in [0.4, 0.5) is 0 Å². The van der Waals surface area contributed by atoms with Crippen LogP contribution >= 0.6 is 0 Å². The minimum atomic E-state index is -0.470. The van der Waals surface area contributed by atoms with Crippen LogP contribution < -0.4 is 11.1 Å². The van der Waals surface area contributed by atoms with E-state index in [1.807, 2.05) is 4.68 Å². The lowest BCUT2D eigenvalue weighted by molar-refractivity contribution is 0.0941. The summed E-state index contributed by atoms with van der Waals surface area (Å²) in [6, 6.07) is 7.01. The predicted molar refractivity (Wildman–Crippen MR) is 99.4 cm³/mol. The van der Waals surface area contributed by atoms with Crippen molar-refractivity contribution < 1.29 is 14.1 Å². The van der Waals surface area contributed by atoms with Crippen molar-refractivity contribution in [1.82, 2.24) is 25.2 Å². The smallest absolute Gasteiger partial charge is 0.257 e. The van der Waals surface area contributed by atoms with E-state index in [0.717, 1.165) is 17.7 Å². The number of nitrogens with zero attached hydrogens (tertiary/aromatic N) is 4. The number of aromatic nitrogens is 4. The highest BCUT2D eigenvalue weighted by Crippen LogP contribution is 2.22. The summed E-state index contributed by atoms with van der Waals surface area (Å²) in [6.07, 6.45) is 3.06. The van der Waals surface area contributed by atoms with Crippen molar-refractivity contribution in [1.29, 1.82) is 0 Å². The van der Waals surface area contributed by atoms with E-state index in [1.54, 1.807) is 31.2 Å². The molecule has 0 saturated heterocycles. The molecular formula is C19H20N6O3. The van der Waals surface area contributed by atoms with Crippen molar-refractivity contribution in [3.63, 3.8) is 0 Å². The Bertz CT molecular complexity index is 1020. The summed E-state index contributed by atoms with van der Waals surface area (Å²) in [5.74, 6) is 0.593. The first kappa shape index (κ1) is 17.9. The maximum Gasteiger partial charge on any atom is 0.257 e. The Labute approximate surface area is 160 Å². The summed E-state index contributed by atoms with van der Waals surface area (Å²) in [5, 5.41) is 10.9. The van der Waals surface area contributed by atoms with Crippen molar-refractivity contribution in [2.24, 2.45) is 11.7 Å². The fourth-order valence-corrected chi connectivity index (χ4v) is 3.40. The van der Waals surface area contributed by atoms with Gasteiger partial charge >= 0.3 is 0 Å². The zero-order valence-electron chi connectivity index (χ0n) is 15.4. The maximum absolute atomic E-state index is 12.5. The number of benzene rings is 1. The third-order valence-electron chi connectivity index (χ3n) is 4.92. The fraction of sp³-hybridized carbons (Fsp3) is 0.316. The van der Waals surface area contributed by atoms with Gasteiger partial charge in [0.2, 0.25) is 0 Å². The van der Waals surface area contributed by atoms with Gasteiger partial charge in [-0.3, -0.25) is 14.3 Å². The number of carbonyl (C=O) groups excluding carboxylic acids is 2. The van der Waals surface area contributed by atoms with E-state index in [2.05, 4.69) is 20.6 Å². The number of hydrogen-bond donors (Lipinski definition) is 2. The van der Waals surface area contributed by atoms with Crippen molar-refractivity contribution in [2.45, 2.75) is 26.3 Å². The van der Waals surface area contributed by atoms with E-state index in [4.69, 9.17) is 10.3 Å². The van der Waals surface area contributed by atoms with Crippen LogP contribution in [0.5, 0.6) is 0 Å². The number of carbonyl (C=O) groups is 2. The first-order valence-corrected chi connectivity index (χ1v) is 9.04. The van der Waals surface area contributed by atoms with Crippen LogP contribution in [0.1, 0.15) is 38.7 Å². The summed E-state index contributed by atoms with van der Waals surface area (Å²) in [6.45, 7) is 2.98. The molecule has 2 amide bonds. The topological polar surface area (TPSA) is 129 Å². The molecule has 3 N–H and O–H groups in total. The van der Waals surface area contributed by atoms with Gasteiger partial charge in [-0.2, -0.15) is 10.1 Å². The van der Waals surface area contributed by atoms with Crippen LogP contribution in [-0.4, -0.2) is 38.3 Å². The summed E-state index contributed by atoms with van der Waals surface area (Å²) in [5.41, 5.74) is 8.03. The third-order valence-corrected chi connectivity index (χ3v) is 4.92. The number of primary amides is 1. The lowest BCUT2D eigenvalue weighted by Crippen LogP contribution is -2.33. The number of rotatable bonds is 5. The number of fused-ring (bicyclic) bond motifs is 1. The first-order chi connectivity index (χ1) is 13.5. The van der Waals surface area contributed by atoms with Crippen molar-refractivity contribution in [3.8, 4) is 11.5 Å². The van der Waals surface area contributed by atoms with Crippen LogP contribution in [0, 0.1) is 12.8 Å². The number of hydrogen-bond acceptors (Lipinski definition) is 6. The summed E-state index contributed by atoms with van der Waals surface area (Å²) in [4.78, 5) is 28.1. The zero-order valence-corrected chi connectivity index (χ0v) is 15.4. The lowest BCUT2D eigenvalue weighted by Gasteiger charge is -2.24. The zero-order chi connectivity index (χ0) is 19.7. The molecule has 0 fully saturated rings. The standard InChI is InChI=1S/C19H20N6O3/c1-11-23-19(28-24-11)14-4-2-13(3-5-14)18(27)21-9-12-6-7-25-16(8-12)15(10-22-25)17(20)26/h2-5,10,12H,6-9H2,1H3,(H2,20,26)(H,21,27)/t12-/m1/s1. The predicted octanol–water partition coefficient (Wildman–Crippen LogP) is 1.33. The minimum absolute atomic E-state index is 0.150. The molecule has 1 aliphatic heterocycles. The minimum Gasteiger partial charge on any atom is -0.365 e. The van der Waals surface area contributed by atoms with Gasteiger partial charge in [-0.1, -0.05) is 5.16 Å². The molecule has 4 rings (SSSR count). The largest absolute Gasteiger partial charge is 0.365 e. The Balaban J connectivity index is 1.37. The van der Waals surface area contributed by atoms with Gasteiger partial charge in [0.1, 0.15) is 0 Å². The Morgan fingerprint density at radius 3 is 2.79 bits per heavy atom. The Kier molecular flexibility index (Phi) is 4.64. The average Bonchev–Trinajstić information content (AvgIpc) is 3.32. The highest BCUT2D eigenvalue weighted by Gasteiger charge is 2.24. The number of aryl methyl sites for hydroxylation is 2. The average molecular weight is 380 g/mol. The second kappa shape index (κ2) is 7.26. The molecule has 9 heteroatoms. The number of amides is 2. The molecule has 0 radical (unpaired) electrons. The molecule has 1 atom stereocenters. The Hall–Kier alpha value is -3.49. The third kappa shape index (κ3) is 3.51. The van der Waals surface area contributed by atoms with Crippen LogP contribution in [0.25, 0.3) is 11.5 Å². The molecule has 1 aliphatic rings. The number of nitrogens with one attached hydrogen (secondary N) is 1. The van der Waals surface area contributed by atoms with Crippen molar-refractivity contribution >= 4 is 11.8 Å². The summed E-state index contributed by atoms with van der Waals surface area (Å²) < 4.78 is 6.94. The summed E-state index contributed by atoms with van der Waals surface area (Å²) >= 11 is 0. The lowest BCUT2D eigenvalue weighted by atomic mass is 9.94. The van der Waals surface area contributed by atoms with Gasteiger partial charge in [-0.15, -0.1) is 0 Å². The van der Waals surface area contributed by atoms with Crippen LogP contribution in [0.2, 0.25) is 0 Å². The molecule has 0 spiro atoms. The fourth-order valence-electron chi connectivity index (χ4n) is 3.40. The van der Waals surface area contributed by atoms with Gasteiger partial charge in [0.25, 0.3) is 17.7 Å². The molecule has 144 valence electrons. The Morgan fingerprint density at radius 2 is 2.11 bits per heavy atom. The van der Waals surface area contributed by atoms with E-state index in [-0.39, 0.29) is 11.8 Å². The van der Waals surface area contributed by atoms with Gasteiger partial charge in [-0.05, 0) is 49.9 Å². The van der Waals surface area contributed by atoms with Crippen LogP contribution in [0.15, 0.2) is 35.0 Å². The van der Waals surface area contributed by atoms with E-state index < -0.39 is 5.91 Å². The summed E-state index contributed by atoms with van der Waals surface area (Å²) in [7, 11) is 0. The van der Waals surface area contributed by atoms with Crippen LogP contribution in [0.3, 0.4) is 0 Å². The second-order valence-electron chi connectivity index (χ2n) is 6.89. The normalized spacial score (nSPS) is 15.8. The van der Waals surface area contributed by atoms with Gasteiger partial charge in [-0.25, -0.2) is 0 Å². The van der Waals surface area contributed by atoms with Gasteiger partial charge in [0, 0.05) is 24.2 Å². The highest BCUT2D eigenvalue weighted by molar-refractivity contribution is 5.94. The van der Waals surface area contributed by atoms with Crippen molar-refractivity contribution in [3.05, 3.63) is 53.1 Å². The van der Waals surface area contributed by atoms with E-state index >= 15 is 0 Å². The molecule has 1 aromatic carbocycles. The molecule has 9 nitrogen and oxygen atoms in total. The van der Waals surface area contributed by atoms with E-state index in [1.165, 1.54) is 6.20 Å². The SMILES string of the molecule is Cc1noc(-c2ccc(C(=O)NC[C@@H]3CCn4ncc(C(N)=O)c4C3)cc2)n1. The van der Waals surface area contributed by atoms with Gasteiger partial charge in [0.15, 0.2) is 5.82 Å². The van der Waals surface area contributed by atoms with E-state index in [0.29, 0.717) is 42.4 Å². The maximum atomic E-state index is 12.5. The van der Waals surface area contributed by atoms with Crippen molar-refractivity contribution in [2.75, 3.05) is 6.54 Å². The molecule has 0 aliphatic carbocycles. The molecule has 0 saturated carbocycles.